The largest absolute Gasteiger partial charge is 0.325 e. The zero-order valence-electron chi connectivity index (χ0n) is 10.7. The number of hydrogen-bond acceptors (Lipinski definition) is 2. The van der Waals surface area contributed by atoms with Gasteiger partial charge in [0.2, 0.25) is 0 Å². The molecule has 4 heteroatoms. The lowest BCUT2D eigenvalue weighted by Crippen LogP contribution is -2.50. The maximum absolute atomic E-state index is 11.9. The number of urea groups is 1. The summed E-state index contributed by atoms with van der Waals surface area (Å²) in [6.07, 6.45) is 2.37. The fourth-order valence-corrected chi connectivity index (χ4v) is 2.25. The van der Waals surface area contributed by atoms with E-state index in [1.807, 2.05) is 13.8 Å². The number of carbonyl (C=O) groups excluding carboxylic acids is 2. The van der Waals surface area contributed by atoms with Gasteiger partial charge in [-0.15, -0.1) is 0 Å². The zero-order chi connectivity index (χ0) is 12.3. The maximum atomic E-state index is 11.9. The van der Waals surface area contributed by atoms with Gasteiger partial charge in [-0.05, 0) is 18.8 Å². The van der Waals surface area contributed by atoms with Gasteiger partial charge in [-0.1, -0.05) is 34.1 Å². The average molecular weight is 226 g/mol. The summed E-state index contributed by atoms with van der Waals surface area (Å²) >= 11 is 0. The first-order valence-electron chi connectivity index (χ1n) is 6.14. The lowest BCUT2D eigenvalue weighted by Gasteiger charge is -2.35. The number of hydrogen-bond donors (Lipinski definition) is 1. The third kappa shape index (κ3) is 1.93. The van der Waals surface area contributed by atoms with Gasteiger partial charge in [0, 0.05) is 6.54 Å². The van der Waals surface area contributed by atoms with E-state index in [1.165, 1.54) is 0 Å². The number of nitrogens with zero attached hydrogens (tertiary/aromatic N) is 1. The second-order valence-corrected chi connectivity index (χ2v) is 4.62. The SMILES string of the molecule is CCC(C)CN1C(=O)NC(=O)C1(CC)CC. The van der Waals surface area contributed by atoms with Crippen molar-refractivity contribution < 1.29 is 9.59 Å². The van der Waals surface area contributed by atoms with Gasteiger partial charge >= 0.3 is 6.03 Å². The van der Waals surface area contributed by atoms with Crippen molar-refractivity contribution in [1.82, 2.24) is 10.2 Å². The van der Waals surface area contributed by atoms with Crippen LogP contribution in [-0.4, -0.2) is 28.9 Å². The third-order valence-electron chi connectivity index (χ3n) is 3.77. The Kier molecular flexibility index (Phi) is 3.94. The predicted octanol–water partition coefficient (Wildman–Crippen LogP) is 2.14. The van der Waals surface area contributed by atoms with E-state index in [-0.39, 0.29) is 11.9 Å². The minimum Gasteiger partial charge on any atom is -0.309 e. The maximum Gasteiger partial charge on any atom is 0.325 e. The molecule has 1 heterocycles. The van der Waals surface area contributed by atoms with Gasteiger partial charge in [0.05, 0.1) is 0 Å². The summed E-state index contributed by atoms with van der Waals surface area (Å²) in [7, 11) is 0. The van der Waals surface area contributed by atoms with Crippen LogP contribution in [0.5, 0.6) is 0 Å². The van der Waals surface area contributed by atoms with E-state index in [1.54, 1.807) is 4.90 Å². The second-order valence-electron chi connectivity index (χ2n) is 4.62. The second kappa shape index (κ2) is 4.85. The lowest BCUT2D eigenvalue weighted by atomic mass is 9.90. The molecular formula is C12H22N2O2. The molecule has 0 aromatic carbocycles. The van der Waals surface area contributed by atoms with E-state index in [0.717, 1.165) is 6.42 Å². The molecule has 0 aromatic heterocycles. The van der Waals surface area contributed by atoms with Gasteiger partial charge in [0.15, 0.2) is 0 Å². The highest BCUT2D eigenvalue weighted by atomic mass is 16.2. The fourth-order valence-electron chi connectivity index (χ4n) is 2.25. The van der Waals surface area contributed by atoms with Crippen molar-refractivity contribution in [3.8, 4) is 0 Å². The van der Waals surface area contributed by atoms with E-state index in [2.05, 4.69) is 19.2 Å². The molecule has 0 aromatic rings. The minimum atomic E-state index is -0.611. The van der Waals surface area contributed by atoms with Crippen molar-refractivity contribution in [2.45, 2.75) is 52.5 Å². The van der Waals surface area contributed by atoms with Crippen LogP contribution >= 0.6 is 0 Å². The van der Waals surface area contributed by atoms with Crippen molar-refractivity contribution in [1.29, 1.82) is 0 Å². The first kappa shape index (κ1) is 13.0. The number of imide groups is 1. The van der Waals surface area contributed by atoms with Gasteiger partial charge < -0.3 is 4.90 Å². The fraction of sp³-hybridized carbons (Fsp3) is 0.833. The summed E-state index contributed by atoms with van der Waals surface area (Å²) in [5.41, 5.74) is -0.611. The van der Waals surface area contributed by atoms with Gasteiger partial charge in [-0.25, -0.2) is 4.79 Å². The molecule has 1 aliphatic heterocycles. The van der Waals surface area contributed by atoms with Crippen LogP contribution in [-0.2, 0) is 4.79 Å². The van der Waals surface area contributed by atoms with Gasteiger partial charge in [0.1, 0.15) is 5.54 Å². The molecule has 0 bridgehead atoms. The van der Waals surface area contributed by atoms with E-state index >= 15 is 0 Å². The lowest BCUT2D eigenvalue weighted by molar-refractivity contribution is -0.127. The Labute approximate surface area is 97.4 Å². The molecule has 92 valence electrons. The van der Waals surface area contributed by atoms with Crippen molar-refractivity contribution >= 4 is 11.9 Å². The highest BCUT2D eigenvalue weighted by Gasteiger charge is 2.50. The monoisotopic (exact) mass is 226 g/mol. The zero-order valence-corrected chi connectivity index (χ0v) is 10.7. The number of nitrogens with one attached hydrogen (secondary N) is 1. The summed E-state index contributed by atoms with van der Waals surface area (Å²) in [5.74, 6) is 0.292. The summed E-state index contributed by atoms with van der Waals surface area (Å²) in [5, 5.41) is 2.44. The molecule has 0 aliphatic carbocycles. The van der Waals surface area contributed by atoms with Crippen molar-refractivity contribution in [3.05, 3.63) is 0 Å². The molecule has 3 amide bonds. The molecule has 0 radical (unpaired) electrons. The summed E-state index contributed by atoms with van der Waals surface area (Å²) in [6, 6.07) is -0.228. The van der Waals surface area contributed by atoms with Gasteiger partial charge in [-0.2, -0.15) is 0 Å². The molecule has 1 rings (SSSR count). The Morgan fingerprint density at radius 3 is 2.25 bits per heavy atom. The molecule has 0 spiro atoms. The van der Waals surface area contributed by atoms with Crippen molar-refractivity contribution in [2.75, 3.05) is 6.54 Å². The van der Waals surface area contributed by atoms with Gasteiger partial charge in [0.25, 0.3) is 5.91 Å². The highest BCUT2D eigenvalue weighted by Crippen LogP contribution is 2.30. The van der Waals surface area contributed by atoms with Crippen LogP contribution in [0.4, 0.5) is 4.79 Å². The van der Waals surface area contributed by atoms with Crippen LogP contribution < -0.4 is 5.32 Å². The molecule has 1 saturated heterocycles. The Morgan fingerprint density at radius 1 is 1.25 bits per heavy atom. The molecule has 0 saturated carbocycles. The summed E-state index contributed by atoms with van der Waals surface area (Å²) in [4.78, 5) is 25.4. The van der Waals surface area contributed by atoms with Crippen LogP contribution in [0, 0.1) is 5.92 Å². The Balaban J connectivity index is 2.93. The first-order chi connectivity index (χ1) is 7.51. The first-order valence-corrected chi connectivity index (χ1v) is 6.14. The van der Waals surface area contributed by atoms with Gasteiger partial charge in [-0.3, -0.25) is 10.1 Å². The van der Waals surface area contributed by atoms with Crippen molar-refractivity contribution in [3.63, 3.8) is 0 Å². The standard InChI is InChI=1S/C12H22N2O2/c1-5-9(4)8-14-11(16)13-10(15)12(14,6-2)7-3/h9H,5-8H2,1-4H3,(H,13,15,16). The van der Waals surface area contributed by atoms with Crippen LogP contribution in [0.2, 0.25) is 0 Å². The highest BCUT2D eigenvalue weighted by molar-refractivity contribution is 6.06. The van der Waals surface area contributed by atoms with E-state index in [0.29, 0.717) is 25.3 Å². The summed E-state index contributed by atoms with van der Waals surface area (Å²) in [6.45, 7) is 8.79. The molecule has 1 N–H and O–H groups in total. The minimum absolute atomic E-state index is 0.134. The normalized spacial score (nSPS) is 21.1. The molecule has 1 aliphatic rings. The molecule has 1 fully saturated rings. The number of amides is 3. The van der Waals surface area contributed by atoms with Crippen LogP contribution in [0.1, 0.15) is 47.0 Å². The third-order valence-corrected chi connectivity index (χ3v) is 3.77. The quantitative estimate of drug-likeness (QED) is 0.730. The van der Waals surface area contributed by atoms with Crippen LogP contribution in [0.3, 0.4) is 0 Å². The molecular weight excluding hydrogens is 204 g/mol. The molecule has 1 unspecified atom stereocenters. The topological polar surface area (TPSA) is 49.4 Å². The Hall–Kier alpha value is -1.06. The van der Waals surface area contributed by atoms with Crippen molar-refractivity contribution in [2.24, 2.45) is 5.92 Å². The van der Waals surface area contributed by atoms with E-state index in [9.17, 15) is 9.59 Å². The van der Waals surface area contributed by atoms with E-state index < -0.39 is 5.54 Å². The molecule has 4 nitrogen and oxygen atoms in total. The van der Waals surface area contributed by atoms with Crippen LogP contribution in [0.25, 0.3) is 0 Å². The summed E-state index contributed by atoms with van der Waals surface area (Å²) < 4.78 is 0. The molecule has 1 atom stereocenters. The molecule has 16 heavy (non-hydrogen) atoms. The smallest absolute Gasteiger partial charge is 0.309 e. The Bertz CT molecular complexity index is 285. The van der Waals surface area contributed by atoms with Crippen LogP contribution in [0.15, 0.2) is 0 Å². The predicted molar refractivity (Wildman–Crippen MR) is 63.0 cm³/mol. The number of rotatable bonds is 5. The Morgan fingerprint density at radius 2 is 1.81 bits per heavy atom. The number of carbonyl (C=O) groups is 2. The average Bonchev–Trinajstić information content (AvgIpc) is 2.51. The van der Waals surface area contributed by atoms with E-state index in [4.69, 9.17) is 0 Å².